The van der Waals surface area contributed by atoms with E-state index in [2.05, 4.69) is 51.7 Å². The number of aliphatic hydroxyl groups is 1. The number of hydrogen-bond donors (Lipinski definition) is 1. The van der Waals surface area contributed by atoms with Gasteiger partial charge in [-0.3, -0.25) is 0 Å². The van der Waals surface area contributed by atoms with E-state index < -0.39 is 5.60 Å². The minimum atomic E-state index is -0.907. The molecule has 0 saturated carbocycles. The first-order valence-corrected chi connectivity index (χ1v) is 5.11. The Morgan fingerprint density at radius 2 is 0.962 bits per heavy atom. The molecular formula is C17H12Co2O7. The Kier molecular flexibility index (Phi) is 108. The summed E-state index contributed by atoms with van der Waals surface area (Å²) in [6.07, 6.45) is 0. The van der Waals surface area contributed by atoms with E-state index in [1.165, 1.54) is 0 Å². The van der Waals surface area contributed by atoms with Gasteiger partial charge in [-0.2, -0.15) is 0 Å². The van der Waals surface area contributed by atoms with E-state index in [0.717, 1.165) is 5.56 Å². The molecule has 0 aliphatic rings. The normalized spacial score (nSPS) is 5.19. The van der Waals surface area contributed by atoms with Crippen LogP contribution < -0.4 is 0 Å². The van der Waals surface area contributed by atoms with E-state index in [1.807, 2.05) is 30.3 Å². The van der Waals surface area contributed by atoms with Crippen LogP contribution in [0.2, 0.25) is 0 Å². The summed E-state index contributed by atoms with van der Waals surface area (Å²) in [6, 6.07) is 9.62. The number of benzene rings is 1. The zero-order valence-electron chi connectivity index (χ0n) is 13.5. The maximum Gasteiger partial charge on any atom is 0 e. The maximum atomic E-state index is 9.31. The molecule has 0 aliphatic carbocycles. The maximum absolute atomic E-state index is 9.31. The molecule has 0 aromatic heterocycles. The Hall–Kier alpha value is -1.81. The number of rotatable bonds is 0. The van der Waals surface area contributed by atoms with E-state index in [9.17, 15) is 5.11 Å². The Balaban J connectivity index is -0.0000000332. The van der Waals surface area contributed by atoms with Crippen LogP contribution in [0, 0.1) is 51.7 Å². The van der Waals surface area contributed by atoms with Crippen LogP contribution >= 0.6 is 0 Å². The molecule has 2 radical (unpaired) electrons. The van der Waals surface area contributed by atoms with E-state index >= 15 is 0 Å². The molecule has 140 valence electrons. The van der Waals surface area contributed by atoms with Gasteiger partial charge in [-0.15, -0.1) is 0 Å². The van der Waals surface area contributed by atoms with Gasteiger partial charge in [0.25, 0.3) is 0 Å². The van der Waals surface area contributed by atoms with Gasteiger partial charge in [0, 0.05) is 39.1 Å². The van der Waals surface area contributed by atoms with Crippen LogP contribution in [0.3, 0.4) is 0 Å². The molecule has 0 saturated heterocycles. The predicted octanol–water partition coefficient (Wildman–Crippen LogP) is 1.58. The van der Waals surface area contributed by atoms with Crippen molar-refractivity contribution in [2.45, 2.75) is 19.4 Å². The summed E-state index contributed by atoms with van der Waals surface area (Å²) < 4.78 is 45.0. The monoisotopic (exact) mass is 446 g/mol. The van der Waals surface area contributed by atoms with Crippen molar-refractivity contribution in [2.75, 3.05) is 0 Å². The second-order valence-electron chi connectivity index (χ2n) is 3.18. The Morgan fingerprint density at radius 1 is 0.692 bits per heavy atom. The second-order valence-corrected chi connectivity index (χ2v) is 3.18. The average Bonchev–Trinajstić information content (AvgIpc) is 2.70. The SMILES string of the molecule is CC(C)(O)C#Cc1ccccc1.[C-]#[O+].[C-]#[O+].[C-]#[O+].[C-]#[O+].[C-]#[O+].[C-]#[O+].[Co].[Co]. The Bertz CT molecular complexity index is 493. The molecule has 0 bridgehead atoms. The molecule has 0 fully saturated rings. The van der Waals surface area contributed by atoms with Crippen LogP contribution in [0.1, 0.15) is 19.4 Å². The summed E-state index contributed by atoms with van der Waals surface area (Å²) >= 11 is 0. The molecule has 1 aromatic rings. The molecule has 26 heavy (non-hydrogen) atoms. The zero-order valence-corrected chi connectivity index (χ0v) is 15.5. The van der Waals surface area contributed by atoms with Gasteiger partial charge in [0.2, 0.25) is 0 Å². The molecule has 1 aromatic carbocycles. The average molecular weight is 446 g/mol. The predicted molar refractivity (Wildman–Crippen MR) is 73.2 cm³/mol. The molecular weight excluding hydrogens is 434 g/mol. The van der Waals surface area contributed by atoms with Crippen LogP contribution in [0.25, 0.3) is 0 Å². The van der Waals surface area contributed by atoms with Gasteiger partial charge in [0.15, 0.2) is 0 Å². The minimum absolute atomic E-state index is 0. The van der Waals surface area contributed by atoms with Crippen LogP contribution in [0.4, 0.5) is 0 Å². The van der Waals surface area contributed by atoms with E-state index in [4.69, 9.17) is 27.9 Å². The molecule has 0 aliphatic heterocycles. The molecule has 7 nitrogen and oxygen atoms in total. The summed E-state index contributed by atoms with van der Waals surface area (Å²) in [7, 11) is 0. The van der Waals surface area contributed by atoms with Crippen molar-refractivity contribution in [3.63, 3.8) is 0 Å². The van der Waals surface area contributed by atoms with E-state index in [0.29, 0.717) is 0 Å². The summed E-state index contributed by atoms with van der Waals surface area (Å²) in [5, 5.41) is 9.31. The standard InChI is InChI=1S/C11H12O.6CO.2Co/c1-11(2,12)9-8-10-6-4-3-5-7-10;6*1-2;;/h3-7,12H,1-2H3;;;;;;;;. The molecule has 0 spiro atoms. The summed E-state index contributed by atoms with van der Waals surface area (Å²) in [6.45, 7) is 30.3. The first-order chi connectivity index (χ1) is 11.6. The minimum Gasteiger partial charge on any atom is 0 e. The molecule has 1 rings (SSSR count). The van der Waals surface area contributed by atoms with Crippen molar-refractivity contribution in [2.24, 2.45) is 0 Å². The third kappa shape index (κ3) is 67.0. The quantitative estimate of drug-likeness (QED) is 0.361. The topological polar surface area (TPSA) is 140 Å². The summed E-state index contributed by atoms with van der Waals surface area (Å²) in [4.78, 5) is 0. The Morgan fingerprint density at radius 3 is 1.19 bits per heavy atom. The summed E-state index contributed by atoms with van der Waals surface area (Å²) in [5.41, 5.74) is 0.0233. The second kappa shape index (κ2) is 56.7. The first-order valence-electron chi connectivity index (χ1n) is 5.11. The van der Waals surface area contributed by atoms with E-state index in [-0.39, 0.29) is 33.6 Å². The molecule has 0 atom stereocenters. The zero-order chi connectivity index (χ0) is 21.0. The molecule has 0 unspecified atom stereocenters. The molecule has 0 heterocycles. The van der Waals surface area contributed by atoms with Crippen molar-refractivity contribution in [3.05, 3.63) is 75.8 Å². The molecule has 1 N–H and O–H groups in total. The van der Waals surface area contributed by atoms with Gasteiger partial charge < -0.3 is 5.11 Å². The van der Waals surface area contributed by atoms with Gasteiger partial charge in [-0.25, -0.2) is 0 Å². The van der Waals surface area contributed by atoms with Gasteiger partial charge in [0.1, 0.15) is 5.60 Å². The van der Waals surface area contributed by atoms with Crippen molar-refractivity contribution >= 4 is 0 Å². The Labute approximate surface area is 173 Å². The molecule has 9 heteroatoms. The van der Waals surface area contributed by atoms with E-state index in [1.54, 1.807) is 13.8 Å². The van der Waals surface area contributed by atoms with Crippen molar-refractivity contribution in [3.8, 4) is 11.8 Å². The fraction of sp³-hybridized carbons (Fsp3) is 0.176. The molecule has 0 amide bonds. The van der Waals surface area contributed by atoms with Gasteiger partial charge in [-0.1, -0.05) is 30.0 Å². The van der Waals surface area contributed by atoms with Crippen LogP contribution in [0.5, 0.6) is 0 Å². The van der Waals surface area contributed by atoms with Gasteiger partial charge >= 0.3 is 67.8 Å². The van der Waals surface area contributed by atoms with Gasteiger partial charge in [0.05, 0.1) is 0 Å². The smallest absolute Gasteiger partial charge is 0 e. The third-order valence-electron chi connectivity index (χ3n) is 1.29. The van der Waals surface area contributed by atoms with Crippen LogP contribution in [-0.4, -0.2) is 10.7 Å². The number of hydrogen-bond acceptors (Lipinski definition) is 1. The fourth-order valence-electron chi connectivity index (χ4n) is 0.747. The van der Waals surface area contributed by atoms with Crippen molar-refractivity contribution < 1.29 is 66.6 Å². The van der Waals surface area contributed by atoms with Gasteiger partial charge in [-0.05, 0) is 26.0 Å². The van der Waals surface area contributed by atoms with Crippen molar-refractivity contribution in [1.29, 1.82) is 0 Å². The third-order valence-corrected chi connectivity index (χ3v) is 1.29. The van der Waals surface area contributed by atoms with Crippen molar-refractivity contribution in [1.82, 2.24) is 0 Å². The van der Waals surface area contributed by atoms with Crippen LogP contribution in [-0.2, 0) is 61.5 Å². The largest absolute Gasteiger partial charge is 0 e. The van der Waals surface area contributed by atoms with Crippen LogP contribution in [0.15, 0.2) is 30.3 Å². The fourth-order valence-corrected chi connectivity index (χ4v) is 0.747. The first kappa shape index (κ1) is 49.6. The summed E-state index contributed by atoms with van der Waals surface area (Å²) in [5.74, 6) is 5.63.